The molecule has 1 aliphatic rings. The van der Waals surface area contributed by atoms with E-state index in [1.807, 2.05) is 12.1 Å². The van der Waals surface area contributed by atoms with Gasteiger partial charge in [-0.2, -0.15) is 0 Å². The van der Waals surface area contributed by atoms with Crippen molar-refractivity contribution in [2.75, 3.05) is 14.1 Å². The number of rotatable bonds is 6. The van der Waals surface area contributed by atoms with Gasteiger partial charge in [-0.25, -0.2) is 0 Å². The van der Waals surface area contributed by atoms with Crippen LogP contribution in [-0.2, 0) is 22.5 Å². The van der Waals surface area contributed by atoms with E-state index in [2.05, 4.69) is 43.3 Å². The topological polar surface area (TPSA) is 29.5 Å². The molecule has 27 heavy (non-hydrogen) atoms. The fraction of sp³-hybridized carbons (Fsp3) is 0.435. The molecule has 1 aliphatic carbocycles. The van der Waals surface area contributed by atoms with Gasteiger partial charge >= 0.3 is 5.97 Å². The first-order valence-electron chi connectivity index (χ1n) is 9.67. The van der Waals surface area contributed by atoms with E-state index >= 15 is 0 Å². The number of nitrogens with zero attached hydrogens (tertiary/aromatic N) is 1. The lowest BCUT2D eigenvalue weighted by Crippen LogP contribution is -2.24. The van der Waals surface area contributed by atoms with Crippen molar-refractivity contribution in [3.8, 4) is 0 Å². The zero-order chi connectivity index (χ0) is 19.2. The van der Waals surface area contributed by atoms with Crippen LogP contribution in [0.15, 0.2) is 48.5 Å². The van der Waals surface area contributed by atoms with Crippen molar-refractivity contribution in [3.05, 3.63) is 70.2 Å². The number of hydrogen-bond acceptors (Lipinski definition) is 3. The van der Waals surface area contributed by atoms with Gasteiger partial charge < -0.3 is 9.64 Å². The Morgan fingerprint density at radius 1 is 0.963 bits per heavy atom. The maximum Gasteiger partial charge on any atom is 0.310 e. The van der Waals surface area contributed by atoms with Crippen LogP contribution in [0.5, 0.6) is 0 Å². The predicted octanol–water partition coefficient (Wildman–Crippen LogP) is 5.21. The van der Waals surface area contributed by atoms with Crippen LogP contribution in [0.25, 0.3) is 0 Å². The minimum atomic E-state index is -0.145. The Hall–Kier alpha value is -1.84. The Morgan fingerprint density at radius 2 is 1.56 bits per heavy atom. The van der Waals surface area contributed by atoms with Crippen LogP contribution in [-0.4, -0.2) is 31.1 Å². The molecule has 2 aromatic carbocycles. The zero-order valence-electron chi connectivity index (χ0n) is 16.2. The Balaban J connectivity index is 1.45. The van der Waals surface area contributed by atoms with E-state index in [1.165, 1.54) is 11.1 Å². The van der Waals surface area contributed by atoms with E-state index in [1.54, 1.807) is 12.1 Å². The second-order valence-corrected chi connectivity index (χ2v) is 8.18. The third-order valence-corrected chi connectivity index (χ3v) is 5.44. The standard InChI is InChI=1S/C23H28ClNO2/c1-25(2)16-18-3-7-19(8-4-18)20-9-13-22(14-10-20)27-23(26)15-17-5-11-21(24)12-6-17/h3-8,11-12,20,22H,9-10,13-16H2,1-2H3/t20-,22+. The number of esters is 1. The maximum absolute atomic E-state index is 12.2. The molecule has 2 aromatic rings. The largest absolute Gasteiger partial charge is 0.462 e. The zero-order valence-corrected chi connectivity index (χ0v) is 16.9. The van der Waals surface area contributed by atoms with Crippen molar-refractivity contribution in [3.63, 3.8) is 0 Å². The molecule has 0 saturated heterocycles. The Kier molecular flexibility index (Phi) is 6.92. The van der Waals surface area contributed by atoms with Crippen LogP contribution in [0.1, 0.15) is 48.3 Å². The monoisotopic (exact) mass is 385 g/mol. The number of hydrogen-bond donors (Lipinski definition) is 0. The predicted molar refractivity (Wildman–Crippen MR) is 110 cm³/mol. The van der Waals surface area contributed by atoms with Crippen LogP contribution in [0.3, 0.4) is 0 Å². The molecule has 3 rings (SSSR count). The molecule has 0 amide bonds. The minimum absolute atomic E-state index is 0.0501. The van der Waals surface area contributed by atoms with Gasteiger partial charge in [0, 0.05) is 11.6 Å². The highest BCUT2D eigenvalue weighted by molar-refractivity contribution is 6.30. The second kappa shape index (κ2) is 9.38. The van der Waals surface area contributed by atoms with Crippen LogP contribution in [0.4, 0.5) is 0 Å². The number of benzene rings is 2. The lowest BCUT2D eigenvalue weighted by atomic mass is 9.82. The molecule has 0 N–H and O–H groups in total. The van der Waals surface area contributed by atoms with Crippen LogP contribution >= 0.6 is 11.6 Å². The van der Waals surface area contributed by atoms with Crippen LogP contribution in [0.2, 0.25) is 5.02 Å². The summed E-state index contributed by atoms with van der Waals surface area (Å²) in [6.45, 7) is 0.969. The van der Waals surface area contributed by atoms with Crippen molar-refractivity contribution in [1.29, 1.82) is 0 Å². The summed E-state index contributed by atoms with van der Waals surface area (Å²) in [6, 6.07) is 16.3. The van der Waals surface area contributed by atoms with Gasteiger partial charge in [-0.3, -0.25) is 4.79 Å². The first-order chi connectivity index (χ1) is 13.0. The molecule has 0 unspecified atom stereocenters. The fourth-order valence-electron chi connectivity index (χ4n) is 3.77. The van der Waals surface area contributed by atoms with Crippen molar-refractivity contribution in [2.45, 2.75) is 50.7 Å². The minimum Gasteiger partial charge on any atom is -0.462 e. The van der Waals surface area contributed by atoms with E-state index in [0.29, 0.717) is 17.4 Å². The van der Waals surface area contributed by atoms with Gasteiger partial charge in [0.2, 0.25) is 0 Å². The van der Waals surface area contributed by atoms with Gasteiger partial charge in [-0.15, -0.1) is 0 Å². The number of ether oxygens (including phenoxy) is 1. The van der Waals surface area contributed by atoms with Gasteiger partial charge in [0.05, 0.1) is 6.42 Å². The smallest absolute Gasteiger partial charge is 0.310 e. The first kappa shape index (κ1) is 19.9. The lowest BCUT2D eigenvalue weighted by molar-refractivity contribution is -0.149. The van der Waals surface area contributed by atoms with E-state index in [0.717, 1.165) is 37.8 Å². The van der Waals surface area contributed by atoms with E-state index in [-0.39, 0.29) is 12.1 Å². The van der Waals surface area contributed by atoms with Crippen LogP contribution in [0, 0.1) is 0 Å². The van der Waals surface area contributed by atoms with Crippen molar-refractivity contribution >= 4 is 17.6 Å². The Morgan fingerprint density at radius 3 is 2.15 bits per heavy atom. The SMILES string of the molecule is CN(C)Cc1ccc([C@H]2CC[C@@H](OC(=O)Cc3ccc(Cl)cc3)CC2)cc1. The van der Waals surface area contributed by atoms with Gasteiger partial charge in [-0.1, -0.05) is 48.0 Å². The molecular formula is C23H28ClNO2. The second-order valence-electron chi connectivity index (χ2n) is 7.75. The van der Waals surface area contributed by atoms with E-state index in [9.17, 15) is 4.79 Å². The average molecular weight is 386 g/mol. The molecule has 0 atom stereocenters. The summed E-state index contributed by atoms with van der Waals surface area (Å²) in [5.41, 5.74) is 3.69. The Bertz CT molecular complexity index is 732. The number of carbonyl (C=O) groups excluding carboxylic acids is 1. The highest BCUT2D eigenvalue weighted by atomic mass is 35.5. The average Bonchev–Trinajstić information content (AvgIpc) is 2.64. The lowest BCUT2D eigenvalue weighted by Gasteiger charge is -2.28. The highest BCUT2D eigenvalue weighted by Crippen LogP contribution is 2.34. The van der Waals surface area contributed by atoms with Crippen molar-refractivity contribution < 1.29 is 9.53 Å². The van der Waals surface area contributed by atoms with E-state index < -0.39 is 0 Å². The summed E-state index contributed by atoms with van der Waals surface area (Å²) in [6.07, 6.45) is 4.39. The molecular weight excluding hydrogens is 358 g/mol. The molecule has 0 spiro atoms. The summed E-state index contributed by atoms with van der Waals surface area (Å²) in [5, 5.41) is 0.681. The molecule has 0 aliphatic heterocycles. The molecule has 4 heteroatoms. The molecule has 144 valence electrons. The van der Waals surface area contributed by atoms with Gasteiger partial charge in [-0.05, 0) is 74.5 Å². The number of carbonyl (C=O) groups is 1. The molecule has 0 heterocycles. The quantitative estimate of drug-likeness (QED) is 0.639. The fourth-order valence-corrected chi connectivity index (χ4v) is 3.90. The van der Waals surface area contributed by atoms with Gasteiger partial charge in [0.25, 0.3) is 0 Å². The summed E-state index contributed by atoms with van der Waals surface area (Å²) in [7, 11) is 4.17. The Labute approximate surface area is 167 Å². The van der Waals surface area contributed by atoms with Crippen molar-refractivity contribution in [2.24, 2.45) is 0 Å². The molecule has 0 bridgehead atoms. The molecule has 0 radical (unpaired) electrons. The van der Waals surface area contributed by atoms with E-state index in [4.69, 9.17) is 16.3 Å². The summed E-state index contributed by atoms with van der Waals surface area (Å²) < 4.78 is 5.70. The molecule has 1 fully saturated rings. The third kappa shape index (κ3) is 6.08. The summed E-state index contributed by atoms with van der Waals surface area (Å²) >= 11 is 5.88. The normalized spacial score (nSPS) is 19.9. The molecule has 0 aromatic heterocycles. The van der Waals surface area contributed by atoms with Crippen LogP contribution < -0.4 is 0 Å². The third-order valence-electron chi connectivity index (χ3n) is 5.18. The van der Waals surface area contributed by atoms with Crippen molar-refractivity contribution in [1.82, 2.24) is 4.90 Å². The molecule has 1 saturated carbocycles. The van der Waals surface area contributed by atoms with Gasteiger partial charge in [0.1, 0.15) is 6.10 Å². The molecule has 3 nitrogen and oxygen atoms in total. The van der Waals surface area contributed by atoms with Gasteiger partial charge in [0.15, 0.2) is 0 Å². The summed E-state index contributed by atoms with van der Waals surface area (Å²) in [4.78, 5) is 14.4. The maximum atomic E-state index is 12.2. The number of halogens is 1. The highest BCUT2D eigenvalue weighted by Gasteiger charge is 2.25. The first-order valence-corrected chi connectivity index (χ1v) is 10.0. The summed E-state index contributed by atoms with van der Waals surface area (Å²) in [5.74, 6) is 0.429.